The van der Waals surface area contributed by atoms with E-state index in [0.717, 1.165) is 17.0 Å². The average Bonchev–Trinajstić information content (AvgIpc) is 3.05. The monoisotopic (exact) mass is 321 g/mol. The Morgan fingerprint density at radius 2 is 2.00 bits per heavy atom. The van der Waals surface area contributed by atoms with Gasteiger partial charge in [0.05, 0.1) is 12.2 Å². The topological polar surface area (TPSA) is 81.3 Å². The molecule has 24 heavy (non-hydrogen) atoms. The molecule has 0 saturated heterocycles. The van der Waals surface area contributed by atoms with Gasteiger partial charge in [0.15, 0.2) is 0 Å². The molecule has 3 aromatic heterocycles. The molecular formula is C16H15N7O. The van der Waals surface area contributed by atoms with Gasteiger partial charge >= 0.3 is 0 Å². The standard InChI is InChI=1S/C16H15N7O/c1-22-14(10-13(20-22)12-4-2-5-17-11-12)15-21-23(8-9-24-15)16-18-6-3-7-19-16/h2-7,10-11H,8-9H2,1H3. The van der Waals surface area contributed by atoms with E-state index in [4.69, 9.17) is 4.74 Å². The highest BCUT2D eigenvalue weighted by molar-refractivity contribution is 5.94. The normalized spacial score (nSPS) is 14.2. The summed E-state index contributed by atoms with van der Waals surface area (Å²) in [6.45, 7) is 1.10. The molecule has 0 atom stereocenters. The van der Waals surface area contributed by atoms with E-state index in [9.17, 15) is 0 Å². The molecule has 4 rings (SSSR count). The van der Waals surface area contributed by atoms with Gasteiger partial charge in [0.1, 0.15) is 12.3 Å². The van der Waals surface area contributed by atoms with Crippen LogP contribution < -0.4 is 5.01 Å². The van der Waals surface area contributed by atoms with E-state index in [1.165, 1.54) is 0 Å². The van der Waals surface area contributed by atoms with Gasteiger partial charge in [-0.25, -0.2) is 15.0 Å². The van der Waals surface area contributed by atoms with Gasteiger partial charge in [-0.2, -0.15) is 5.10 Å². The van der Waals surface area contributed by atoms with Crippen LogP contribution in [-0.4, -0.2) is 43.8 Å². The first-order chi connectivity index (χ1) is 11.8. The number of hydrogen-bond acceptors (Lipinski definition) is 7. The number of pyridine rings is 1. The van der Waals surface area contributed by atoms with Crippen molar-refractivity contribution in [1.82, 2.24) is 24.7 Å². The van der Waals surface area contributed by atoms with Gasteiger partial charge in [-0.15, -0.1) is 5.10 Å². The minimum atomic E-state index is 0.499. The number of anilines is 1. The van der Waals surface area contributed by atoms with Gasteiger partial charge in [0.25, 0.3) is 5.90 Å². The number of hydrogen-bond donors (Lipinski definition) is 0. The number of hydrazone groups is 1. The lowest BCUT2D eigenvalue weighted by Crippen LogP contribution is -2.33. The molecule has 0 bridgehead atoms. The fourth-order valence-electron chi connectivity index (χ4n) is 2.43. The molecule has 8 nitrogen and oxygen atoms in total. The summed E-state index contributed by atoms with van der Waals surface area (Å²) in [5, 5.41) is 10.8. The number of aromatic nitrogens is 5. The van der Waals surface area contributed by atoms with Crippen LogP contribution in [0.2, 0.25) is 0 Å². The number of aryl methyl sites for hydroxylation is 1. The maximum atomic E-state index is 5.72. The van der Waals surface area contributed by atoms with E-state index >= 15 is 0 Å². The van der Waals surface area contributed by atoms with Crippen LogP contribution in [0.25, 0.3) is 11.3 Å². The third-order valence-electron chi connectivity index (χ3n) is 3.59. The van der Waals surface area contributed by atoms with Crippen molar-refractivity contribution < 1.29 is 4.74 Å². The van der Waals surface area contributed by atoms with E-state index < -0.39 is 0 Å². The Labute approximate surface area is 138 Å². The van der Waals surface area contributed by atoms with Gasteiger partial charge in [-0.1, -0.05) is 0 Å². The first-order valence-electron chi connectivity index (χ1n) is 7.52. The molecule has 3 aromatic rings. The Balaban J connectivity index is 1.68. The van der Waals surface area contributed by atoms with Crippen LogP contribution in [0, 0.1) is 0 Å². The third-order valence-corrected chi connectivity index (χ3v) is 3.59. The van der Waals surface area contributed by atoms with Crippen molar-refractivity contribution in [3.8, 4) is 11.3 Å². The van der Waals surface area contributed by atoms with Gasteiger partial charge in [-0.3, -0.25) is 9.67 Å². The predicted octanol–water partition coefficient (Wildman–Crippen LogP) is 1.47. The fourth-order valence-corrected chi connectivity index (χ4v) is 2.43. The summed E-state index contributed by atoms with van der Waals surface area (Å²) >= 11 is 0. The number of ether oxygens (including phenoxy) is 1. The Kier molecular flexibility index (Phi) is 3.62. The SMILES string of the molecule is Cn1nc(-c2cccnc2)cc1C1=NN(c2ncccn2)CCO1. The zero-order chi connectivity index (χ0) is 16.4. The average molecular weight is 321 g/mol. The number of rotatable bonds is 3. The van der Waals surface area contributed by atoms with Gasteiger partial charge < -0.3 is 4.74 Å². The summed E-state index contributed by atoms with van der Waals surface area (Å²) in [6, 6.07) is 7.56. The summed E-state index contributed by atoms with van der Waals surface area (Å²) in [6.07, 6.45) is 6.90. The molecule has 0 N–H and O–H groups in total. The molecule has 0 radical (unpaired) electrons. The fraction of sp³-hybridized carbons (Fsp3) is 0.188. The molecule has 0 amide bonds. The molecule has 4 heterocycles. The van der Waals surface area contributed by atoms with Gasteiger partial charge in [0, 0.05) is 37.4 Å². The minimum absolute atomic E-state index is 0.499. The van der Waals surface area contributed by atoms with Crippen LogP contribution in [0.4, 0.5) is 5.95 Å². The van der Waals surface area contributed by atoms with Crippen molar-refractivity contribution in [1.29, 1.82) is 0 Å². The molecule has 8 heteroatoms. The van der Waals surface area contributed by atoms with Crippen LogP contribution in [0.5, 0.6) is 0 Å². The first kappa shape index (κ1) is 14.3. The summed E-state index contributed by atoms with van der Waals surface area (Å²) in [5.74, 6) is 1.05. The van der Waals surface area contributed by atoms with Crippen molar-refractivity contribution in [3.05, 3.63) is 54.7 Å². The van der Waals surface area contributed by atoms with Crippen LogP contribution in [0.3, 0.4) is 0 Å². The molecule has 0 aliphatic carbocycles. The smallest absolute Gasteiger partial charge is 0.257 e. The maximum Gasteiger partial charge on any atom is 0.257 e. The molecule has 0 unspecified atom stereocenters. The third kappa shape index (κ3) is 2.69. The molecular weight excluding hydrogens is 306 g/mol. The largest absolute Gasteiger partial charge is 0.473 e. The lowest BCUT2D eigenvalue weighted by Gasteiger charge is -2.23. The van der Waals surface area contributed by atoms with Gasteiger partial charge in [-0.05, 0) is 24.3 Å². The Hall–Kier alpha value is -3.29. The summed E-state index contributed by atoms with van der Waals surface area (Å²) in [5.41, 5.74) is 2.55. The highest BCUT2D eigenvalue weighted by atomic mass is 16.5. The van der Waals surface area contributed by atoms with Crippen LogP contribution in [0.15, 0.2) is 54.2 Å². The van der Waals surface area contributed by atoms with Crippen LogP contribution in [-0.2, 0) is 11.8 Å². The van der Waals surface area contributed by atoms with Crippen molar-refractivity contribution in [2.24, 2.45) is 12.1 Å². The first-order valence-corrected chi connectivity index (χ1v) is 7.52. The second kappa shape index (κ2) is 6.07. The van der Waals surface area contributed by atoms with E-state index in [1.807, 2.05) is 25.2 Å². The molecule has 1 aliphatic heterocycles. The Bertz CT molecular complexity index is 861. The van der Waals surface area contributed by atoms with Crippen LogP contribution in [0.1, 0.15) is 5.69 Å². The minimum Gasteiger partial charge on any atom is -0.473 e. The molecule has 0 spiro atoms. The Morgan fingerprint density at radius 1 is 1.12 bits per heavy atom. The van der Waals surface area contributed by atoms with Crippen molar-refractivity contribution >= 4 is 11.8 Å². The van der Waals surface area contributed by atoms with E-state index in [2.05, 4.69) is 25.2 Å². The Morgan fingerprint density at radius 3 is 2.79 bits per heavy atom. The zero-order valence-electron chi connectivity index (χ0n) is 13.1. The van der Waals surface area contributed by atoms with Crippen molar-refractivity contribution in [3.63, 3.8) is 0 Å². The van der Waals surface area contributed by atoms with Crippen molar-refractivity contribution in [2.45, 2.75) is 0 Å². The van der Waals surface area contributed by atoms with Crippen molar-refractivity contribution in [2.75, 3.05) is 18.2 Å². The number of nitrogens with zero attached hydrogens (tertiary/aromatic N) is 7. The molecule has 0 aromatic carbocycles. The van der Waals surface area contributed by atoms with Crippen LogP contribution >= 0.6 is 0 Å². The quantitative estimate of drug-likeness (QED) is 0.726. The second-order valence-corrected chi connectivity index (χ2v) is 5.21. The maximum absolute atomic E-state index is 5.72. The lowest BCUT2D eigenvalue weighted by atomic mass is 10.2. The molecule has 0 fully saturated rings. The molecule has 0 saturated carbocycles. The van der Waals surface area contributed by atoms with Gasteiger partial charge in [0.2, 0.25) is 5.95 Å². The summed E-state index contributed by atoms with van der Waals surface area (Å²) in [4.78, 5) is 12.6. The zero-order valence-corrected chi connectivity index (χ0v) is 13.1. The molecule has 120 valence electrons. The summed E-state index contributed by atoms with van der Waals surface area (Å²) in [7, 11) is 1.86. The highest BCUT2D eigenvalue weighted by Crippen LogP contribution is 2.20. The van der Waals surface area contributed by atoms with E-state index in [0.29, 0.717) is 25.0 Å². The summed E-state index contributed by atoms with van der Waals surface area (Å²) < 4.78 is 7.47. The van der Waals surface area contributed by atoms with E-state index in [-0.39, 0.29) is 0 Å². The lowest BCUT2D eigenvalue weighted by molar-refractivity contribution is 0.290. The highest BCUT2D eigenvalue weighted by Gasteiger charge is 2.21. The van der Waals surface area contributed by atoms with E-state index in [1.54, 1.807) is 40.5 Å². The predicted molar refractivity (Wildman–Crippen MR) is 88.3 cm³/mol. The second-order valence-electron chi connectivity index (χ2n) is 5.21. The molecule has 1 aliphatic rings.